The van der Waals surface area contributed by atoms with Gasteiger partial charge in [0.2, 0.25) is 5.91 Å². The van der Waals surface area contributed by atoms with E-state index in [0.717, 1.165) is 12.0 Å². The molecule has 1 saturated carbocycles. The van der Waals surface area contributed by atoms with Gasteiger partial charge in [0.25, 0.3) is 5.56 Å². The number of fused-ring (bicyclic) bond motifs is 1. The number of carbonyl (C=O) groups is 1. The van der Waals surface area contributed by atoms with E-state index in [9.17, 15) is 9.59 Å². The minimum atomic E-state index is -0.410. The van der Waals surface area contributed by atoms with E-state index in [2.05, 4.69) is 0 Å². The summed E-state index contributed by atoms with van der Waals surface area (Å²) in [4.78, 5) is 34.1. The summed E-state index contributed by atoms with van der Waals surface area (Å²) in [5, 5.41) is 0.578. The monoisotopic (exact) mass is 483 g/mol. The quantitative estimate of drug-likeness (QED) is 0.289. The van der Waals surface area contributed by atoms with Gasteiger partial charge in [-0.15, -0.1) is 0 Å². The number of nitrogens with zero attached hydrogens (tertiary/aromatic N) is 3. The Morgan fingerprint density at radius 2 is 1.81 bits per heavy atom. The molecule has 2 heterocycles. The van der Waals surface area contributed by atoms with Gasteiger partial charge in [-0.2, -0.15) is 0 Å². The van der Waals surface area contributed by atoms with Crippen LogP contribution in [0.25, 0.3) is 10.9 Å². The van der Waals surface area contributed by atoms with Crippen molar-refractivity contribution < 1.29 is 9.21 Å². The van der Waals surface area contributed by atoms with Crippen LogP contribution in [0.5, 0.6) is 0 Å². The minimum Gasteiger partial charge on any atom is -0.467 e. The maximum absolute atomic E-state index is 13.7. The van der Waals surface area contributed by atoms with Crippen molar-refractivity contribution in [2.75, 3.05) is 0 Å². The van der Waals surface area contributed by atoms with Crippen molar-refractivity contribution in [2.24, 2.45) is 5.92 Å². The van der Waals surface area contributed by atoms with E-state index >= 15 is 0 Å². The van der Waals surface area contributed by atoms with E-state index in [-0.39, 0.29) is 11.5 Å². The average molecular weight is 484 g/mol. The third-order valence-electron chi connectivity index (χ3n) is 7.38. The van der Waals surface area contributed by atoms with E-state index in [1.165, 1.54) is 25.7 Å². The molecule has 1 amide bonds. The van der Waals surface area contributed by atoms with Crippen LogP contribution in [0.2, 0.25) is 0 Å². The number of hydrogen-bond donors (Lipinski definition) is 0. The van der Waals surface area contributed by atoms with Crippen molar-refractivity contribution in [1.29, 1.82) is 0 Å². The third kappa shape index (κ3) is 5.27. The molecule has 2 aromatic carbocycles. The summed E-state index contributed by atoms with van der Waals surface area (Å²) >= 11 is 0. The highest BCUT2D eigenvalue weighted by Crippen LogP contribution is 2.30. The summed E-state index contributed by atoms with van der Waals surface area (Å²) < 4.78 is 7.34. The molecule has 6 nitrogen and oxygen atoms in total. The van der Waals surface area contributed by atoms with Crippen LogP contribution in [0.4, 0.5) is 0 Å². The summed E-state index contributed by atoms with van der Waals surface area (Å²) in [6, 6.07) is 20.6. The first-order chi connectivity index (χ1) is 17.6. The molecule has 0 radical (unpaired) electrons. The van der Waals surface area contributed by atoms with Crippen LogP contribution >= 0.6 is 0 Å². The molecule has 1 unspecified atom stereocenters. The number of aromatic nitrogens is 2. The fourth-order valence-corrected chi connectivity index (χ4v) is 5.34. The Hall–Kier alpha value is -3.67. The van der Waals surface area contributed by atoms with Crippen molar-refractivity contribution in [2.45, 2.75) is 64.6 Å². The van der Waals surface area contributed by atoms with Crippen molar-refractivity contribution in [3.8, 4) is 0 Å². The molecular weight excluding hydrogens is 450 g/mol. The lowest BCUT2D eigenvalue weighted by Crippen LogP contribution is -2.37. The molecule has 0 N–H and O–H groups in total. The molecule has 5 rings (SSSR count). The first-order valence-corrected chi connectivity index (χ1v) is 13.0. The van der Waals surface area contributed by atoms with E-state index in [1.54, 1.807) is 10.8 Å². The number of carbonyl (C=O) groups excluding carboxylic acids is 1. The number of benzene rings is 2. The maximum Gasteiger partial charge on any atom is 0.261 e. The summed E-state index contributed by atoms with van der Waals surface area (Å²) in [5.74, 6) is 2.00. The fourth-order valence-electron chi connectivity index (χ4n) is 5.34. The molecule has 36 heavy (non-hydrogen) atoms. The first-order valence-electron chi connectivity index (χ1n) is 13.0. The molecule has 0 aliphatic heterocycles. The number of furan rings is 1. The molecule has 0 bridgehead atoms. The van der Waals surface area contributed by atoms with Gasteiger partial charge in [0, 0.05) is 6.42 Å². The van der Waals surface area contributed by atoms with E-state index < -0.39 is 6.04 Å². The van der Waals surface area contributed by atoms with Gasteiger partial charge in [0.15, 0.2) is 0 Å². The van der Waals surface area contributed by atoms with Crippen molar-refractivity contribution in [3.63, 3.8) is 0 Å². The molecule has 1 fully saturated rings. The smallest absolute Gasteiger partial charge is 0.261 e. The van der Waals surface area contributed by atoms with E-state index in [1.807, 2.05) is 78.6 Å². The number of rotatable bonds is 9. The highest BCUT2D eigenvalue weighted by Gasteiger charge is 2.28. The molecule has 186 valence electrons. The summed E-state index contributed by atoms with van der Waals surface area (Å²) in [6.07, 6.45) is 7.97. The summed E-state index contributed by atoms with van der Waals surface area (Å²) in [7, 11) is 0. The molecule has 6 heteroatoms. The van der Waals surface area contributed by atoms with Gasteiger partial charge < -0.3 is 9.32 Å². The molecular formula is C30H33N3O3. The Labute approximate surface area is 211 Å². The Kier molecular flexibility index (Phi) is 7.31. The van der Waals surface area contributed by atoms with Gasteiger partial charge >= 0.3 is 0 Å². The first kappa shape index (κ1) is 24.0. The lowest BCUT2D eigenvalue weighted by Gasteiger charge is -2.30. The van der Waals surface area contributed by atoms with Gasteiger partial charge in [0.1, 0.15) is 11.6 Å². The predicted molar refractivity (Wildman–Crippen MR) is 140 cm³/mol. The normalized spacial score (nSPS) is 14.8. The van der Waals surface area contributed by atoms with Gasteiger partial charge in [-0.25, -0.2) is 4.98 Å². The lowest BCUT2D eigenvalue weighted by molar-refractivity contribution is -0.135. The van der Waals surface area contributed by atoms with Crippen LogP contribution in [0.1, 0.15) is 68.6 Å². The van der Waals surface area contributed by atoms with Gasteiger partial charge in [-0.1, -0.05) is 68.1 Å². The Balaban J connectivity index is 1.53. The van der Waals surface area contributed by atoms with E-state index in [4.69, 9.17) is 9.40 Å². The fraction of sp³-hybridized carbons (Fsp3) is 0.367. The lowest BCUT2D eigenvalue weighted by atomic mass is 10.0. The zero-order valence-corrected chi connectivity index (χ0v) is 20.8. The molecule has 2 aromatic heterocycles. The summed E-state index contributed by atoms with van der Waals surface area (Å²) in [5.41, 5.74) is 1.56. The summed E-state index contributed by atoms with van der Waals surface area (Å²) in [6.45, 7) is 2.70. The standard InChI is InChI=1S/C30H33N3O3/c1-22(32(21-25-14-9-19-36-25)28(34)18-17-23-10-5-6-11-23)29-31-27-16-8-7-15-26(27)30(35)33(29)20-24-12-3-2-4-13-24/h2-4,7-9,12-16,19,22-23H,5-6,10-11,17-18,20-21H2,1H3. The Morgan fingerprint density at radius 3 is 2.56 bits per heavy atom. The van der Waals surface area contributed by atoms with Crippen LogP contribution in [0.15, 0.2) is 82.2 Å². The largest absolute Gasteiger partial charge is 0.467 e. The van der Waals surface area contributed by atoms with E-state index in [0.29, 0.717) is 47.9 Å². The van der Waals surface area contributed by atoms with Gasteiger partial charge in [0.05, 0.1) is 36.3 Å². The van der Waals surface area contributed by atoms with Crippen LogP contribution < -0.4 is 5.56 Å². The molecule has 0 spiro atoms. The molecule has 1 aliphatic rings. The zero-order valence-electron chi connectivity index (χ0n) is 20.8. The van der Waals surface area contributed by atoms with Crippen molar-refractivity contribution in [3.05, 3.63) is 100 Å². The van der Waals surface area contributed by atoms with Crippen LogP contribution in [-0.2, 0) is 17.9 Å². The SMILES string of the molecule is CC(c1nc2ccccc2c(=O)n1Cc1ccccc1)N(Cc1ccco1)C(=O)CCC1CCCC1. The highest BCUT2D eigenvalue weighted by molar-refractivity contribution is 5.78. The van der Waals surface area contributed by atoms with Crippen molar-refractivity contribution >= 4 is 16.8 Å². The minimum absolute atomic E-state index is 0.0690. The molecule has 1 atom stereocenters. The Bertz CT molecular complexity index is 1360. The molecule has 4 aromatic rings. The number of hydrogen-bond acceptors (Lipinski definition) is 4. The number of para-hydroxylation sites is 1. The second-order valence-electron chi connectivity index (χ2n) is 9.83. The number of amides is 1. The Morgan fingerprint density at radius 1 is 1.06 bits per heavy atom. The second-order valence-corrected chi connectivity index (χ2v) is 9.83. The van der Waals surface area contributed by atoms with Crippen LogP contribution in [0.3, 0.4) is 0 Å². The van der Waals surface area contributed by atoms with Crippen LogP contribution in [-0.4, -0.2) is 20.4 Å². The zero-order chi connectivity index (χ0) is 24.9. The third-order valence-corrected chi connectivity index (χ3v) is 7.38. The average Bonchev–Trinajstić information content (AvgIpc) is 3.62. The van der Waals surface area contributed by atoms with Gasteiger partial charge in [-0.3, -0.25) is 14.2 Å². The van der Waals surface area contributed by atoms with Crippen LogP contribution in [0, 0.1) is 5.92 Å². The molecule has 1 aliphatic carbocycles. The highest BCUT2D eigenvalue weighted by atomic mass is 16.3. The van der Waals surface area contributed by atoms with Gasteiger partial charge in [-0.05, 0) is 49.1 Å². The predicted octanol–water partition coefficient (Wildman–Crippen LogP) is 6.10. The molecule has 0 saturated heterocycles. The maximum atomic E-state index is 13.7. The van der Waals surface area contributed by atoms with Crippen molar-refractivity contribution in [1.82, 2.24) is 14.5 Å². The second kappa shape index (κ2) is 10.9. The topological polar surface area (TPSA) is 68.3 Å².